The summed E-state index contributed by atoms with van der Waals surface area (Å²) < 4.78 is 55.6. The third-order valence-electron chi connectivity index (χ3n) is 4.45. The quantitative estimate of drug-likeness (QED) is 0.830. The average molecular weight is 370 g/mol. The first kappa shape index (κ1) is 17.9. The fourth-order valence-corrected chi connectivity index (χ4v) is 4.67. The summed E-state index contributed by atoms with van der Waals surface area (Å²) in [5.74, 6) is -0.645. The van der Waals surface area contributed by atoms with E-state index in [9.17, 15) is 17.2 Å². The van der Waals surface area contributed by atoms with Gasteiger partial charge in [-0.1, -0.05) is 13.8 Å². The number of aromatic nitrogens is 3. The third-order valence-corrected chi connectivity index (χ3v) is 6.36. The molecular formula is C16H20F2N4O2S. The van der Waals surface area contributed by atoms with Crippen molar-refractivity contribution in [3.05, 3.63) is 42.0 Å². The predicted molar refractivity (Wildman–Crippen MR) is 87.5 cm³/mol. The van der Waals surface area contributed by atoms with Gasteiger partial charge >= 0.3 is 0 Å². The maximum Gasteiger partial charge on any atom is 0.246 e. The van der Waals surface area contributed by atoms with E-state index >= 15 is 0 Å². The molecule has 0 atom stereocenters. The van der Waals surface area contributed by atoms with Crippen molar-refractivity contribution in [1.82, 2.24) is 19.1 Å². The van der Waals surface area contributed by atoms with Gasteiger partial charge in [-0.25, -0.2) is 17.2 Å². The molecule has 9 heteroatoms. The molecule has 0 bridgehead atoms. The highest BCUT2D eigenvalue weighted by Gasteiger charge is 2.32. The van der Waals surface area contributed by atoms with Crippen LogP contribution < -0.4 is 0 Å². The molecule has 2 heterocycles. The molecule has 1 aromatic carbocycles. The second-order valence-corrected chi connectivity index (χ2v) is 8.37. The van der Waals surface area contributed by atoms with Gasteiger partial charge in [-0.05, 0) is 31.0 Å². The van der Waals surface area contributed by atoms with E-state index in [1.165, 1.54) is 4.31 Å². The summed E-state index contributed by atoms with van der Waals surface area (Å²) in [6.07, 6.45) is 2.79. The van der Waals surface area contributed by atoms with Crippen molar-refractivity contribution in [2.75, 3.05) is 13.1 Å². The number of hydrogen-bond acceptors (Lipinski definition) is 4. The molecule has 2 aromatic rings. The molecule has 0 amide bonds. The predicted octanol–water partition coefficient (Wildman–Crippen LogP) is 2.71. The fraction of sp³-hybridized carbons (Fsp3) is 0.500. The first-order chi connectivity index (χ1) is 11.8. The van der Waals surface area contributed by atoms with Gasteiger partial charge in [0.05, 0.1) is 0 Å². The first-order valence-corrected chi connectivity index (χ1v) is 9.59. The Morgan fingerprint density at radius 1 is 1.20 bits per heavy atom. The minimum absolute atomic E-state index is 0.0937. The molecular weight excluding hydrogens is 350 g/mol. The van der Waals surface area contributed by atoms with E-state index in [1.54, 1.807) is 6.33 Å². The molecule has 0 radical (unpaired) electrons. The standard InChI is InChI=1S/C16H20F2N4O2S/c1-11(2)16-20-19-10-22(16)13-5-7-21(8-6-13)25(23,24)15-9-12(17)3-4-14(15)18/h3-4,9-11,13H,5-8H2,1-2H3. The van der Waals surface area contributed by atoms with Crippen molar-refractivity contribution < 1.29 is 17.2 Å². The second kappa shape index (κ2) is 6.80. The molecule has 0 aliphatic carbocycles. The van der Waals surface area contributed by atoms with E-state index in [2.05, 4.69) is 10.2 Å². The minimum Gasteiger partial charge on any atom is -0.314 e. The molecule has 6 nitrogen and oxygen atoms in total. The van der Waals surface area contributed by atoms with E-state index in [0.29, 0.717) is 12.8 Å². The Bertz CT molecular complexity index is 859. The van der Waals surface area contributed by atoms with Crippen LogP contribution in [0.15, 0.2) is 29.4 Å². The van der Waals surface area contributed by atoms with Crippen LogP contribution in [0.3, 0.4) is 0 Å². The summed E-state index contributed by atoms with van der Waals surface area (Å²) in [4.78, 5) is -0.613. The van der Waals surface area contributed by atoms with Crippen LogP contribution in [0.5, 0.6) is 0 Å². The first-order valence-electron chi connectivity index (χ1n) is 8.15. The van der Waals surface area contributed by atoms with Crippen LogP contribution in [-0.4, -0.2) is 40.6 Å². The molecule has 3 rings (SSSR count). The number of hydrogen-bond donors (Lipinski definition) is 0. The Morgan fingerprint density at radius 3 is 2.52 bits per heavy atom. The van der Waals surface area contributed by atoms with Crippen LogP contribution >= 0.6 is 0 Å². The lowest BCUT2D eigenvalue weighted by molar-refractivity contribution is 0.268. The molecule has 1 fully saturated rings. The maximum atomic E-state index is 13.9. The van der Waals surface area contributed by atoms with Crippen molar-refractivity contribution in [3.63, 3.8) is 0 Å². The van der Waals surface area contributed by atoms with Gasteiger partial charge in [0.2, 0.25) is 10.0 Å². The highest BCUT2D eigenvalue weighted by Crippen LogP contribution is 2.29. The van der Waals surface area contributed by atoms with Gasteiger partial charge in [-0.3, -0.25) is 0 Å². The number of nitrogens with zero attached hydrogens (tertiary/aromatic N) is 4. The van der Waals surface area contributed by atoms with Gasteiger partial charge in [0.25, 0.3) is 0 Å². The van der Waals surface area contributed by atoms with E-state index in [0.717, 1.165) is 24.0 Å². The summed E-state index contributed by atoms with van der Waals surface area (Å²) in [6, 6.07) is 2.56. The number of halogens is 2. The van der Waals surface area contributed by atoms with Crippen molar-refractivity contribution >= 4 is 10.0 Å². The highest BCUT2D eigenvalue weighted by molar-refractivity contribution is 7.89. The van der Waals surface area contributed by atoms with E-state index in [-0.39, 0.29) is 25.0 Å². The highest BCUT2D eigenvalue weighted by atomic mass is 32.2. The van der Waals surface area contributed by atoms with Crippen LogP contribution in [-0.2, 0) is 10.0 Å². The lowest BCUT2D eigenvalue weighted by atomic mass is 10.1. The Morgan fingerprint density at radius 2 is 1.88 bits per heavy atom. The Labute approximate surface area is 145 Å². The molecule has 1 aliphatic heterocycles. The molecule has 1 saturated heterocycles. The Balaban J connectivity index is 1.78. The molecule has 0 unspecified atom stereocenters. The zero-order chi connectivity index (χ0) is 18.2. The maximum absolute atomic E-state index is 13.9. The van der Waals surface area contributed by atoms with Crippen molar-refractivity contribution in [2.24, 2.45) is 0 Å². The largest absolute Gasteiger partial charge is 0.314 e. The lowest BCUT2D eigenvalue weighted by Crippen LogP contribution is -2.39. The summed E-state index contributed by atoms with van der Waals surface area (Å²) in [5.41, 5.74) is 0. The molecule has 1 aromatic heterocycles. The number of benzene rings is 1. The zero-order valence-corrected chi connectivity index (χ0v) is 14.9. The summed E-state index contributed by atoms with van der Waals surface area (Å²) in [6.45, 7) is 4.51. The van der Waals surface area contributed by atoms with Gasteiger partial charge in [0.1, 0.15) is 28.7 Å². The van der Waals surface area contributed by atoms with E-state index in [4.69, 9.17) is 0 Å². The SMILES string of the molecule is CC(C)c1nncn1C1CCN(S(=O)(=O)c2cc(F)ccc2F)CC1. The van der Waals surface area contributed by atoms with Crippen LogP contribution in [0.1, 0.15) is 44.5 Å². The van der Waals surface area contributed by atoms with E-state index < -0.39 is 26.6 Å². The van der Waals surface area contributed by atoms with Crippen molar-refractivity contribution in [2.45, 2.75) is 43.5 Å². The monoisotopic (exact) mass is 370 g/mol. The van der Waals surface area contributed by atoms with Gasteiger partial charge in [-0.2, -0.15) is 4.31 Å². The topological polar surface area (TPSA) is 68.1 Å². The van der Waals surface area contributed by atoms with Gasteiger partial charge in [-0.15, -0.1) is 10.2 Å². The number of rotatable bonds is 4. The van der Waals surface area contributed by atoms with Crippen LogP contribution in [0.4, 0.5) is 8.78 Å². The minimum atomic E-state index is -4.06. The summed E-state index contributed by atoms with van der Waals surface area (Å²) in [5, 5.41) is 8.06. The lowest BCUT2D eigenvalue weighted by Gasteiger charge is -2.32. The van der Waals surface area contributed by atoms with Gasteiger partial charge < -0.3 is 4.57 Å². The summed E-state index contributed by atoms with van der Waals surface area (Å²) in [7, 11) is -4.06. The van der Waals surface area contributed by atoms with Crippen molar-refractivity contribution in [1.29, 1.82) is 0 Å². The summed E-state index contributed by atoms with van der Waals surface area (Å²) >= 11 is 0. The normalized spacial score (nSPS) is 17.3. The molecule has 25 heavy (non-hydrogen) atoms. The number of piperidine rings is 1. The second-order valence-electron chi connectivity index (χ2n) is 6.46. The average Bonchev–Trinajstić information content (AvgIpc) is 3.07. The Hall–Kier alpha value is -1.87. The van der Waals surface area contributed by atoms with Crippen LogP contribution in [0.2, 0.25) is 0 Å². The van der Waals surface area contributed by atoms with Crippen molar-refractivity contribution in [3.8, 4) is 0 Å². The van der Waals surface area contributed by atoms with E-state index in [1.807, 2.05) is 18.4 Å². The zero-order valence-electron chi connectivity index (χ0n) is 14.1. The van der Waals surface area contributed by atoms with Crippen LogP contribution in [0, 0.1) is 11.6 Å². The smallest absolute Gasteiger partial charge is 0.246 e. The third kappa shape index (κ3) is 3.43. The molecule has 1 aliphatic rings. The molecule has 0 saturated carbocycles. The molecule has 0 spiro atoms. The Kier molecular flexibility index (Phi) is 4.88. The molecule has 136 valence electrons. The van der Waals surface area contributed by atoms with Crippen LogP contribution in [0.25, 0.3) is 0 Å². The van der Waals surface area contributed by atoms with Gasteiger partial charge in [0.15, 0.2) is 0 Å². The molecule has 0 N–H and O–H groups in total. The number of sulfonamides is 1. The fourth-order valence-electron chi connectivity index (χ4n) is 3.12. The van der Waals surface area contributed by atoms with Gasteiger partial charge in [0, 0.05) is 25.0 Å².